The van der Waals surface area contributed by atoms with Gasteiger partial charge in [0, 0.05) is 5.92 Å². The summed E-state index contributed by atoms with van der Waals surface area (Å²) >= 11 is 0. The summed E-state index contributed by atoms with van der Waals surface area (Å²) in [5, 5.41) is 2.47. The van der Waals surface area contributed by atoms with E-state index >= 15 is 0 Å². The van der Waals surface area contributed by atoms with Gasteiger partial charge in [-0.25, -0.2) is 0 Å². The van der Waals surface area contributed by atoms with E-state index in [0.29, 0.717) is 0 Å². The quantitative estimate of drug-likeness (QED) is 0.556. The maximum Gasteiger partial charge on any atom is 0.231 e. The Labute approximate surface area is 102 Å². The lowest BCUT2D eigenvalue weighted by molar-refractivity contribution is -0.126. The third-order valence-corrected chi connectivity index (χ3v) is 3.89. The molecule has 0 radical (unpaired) electrons. The molecule has 1 aliphatic carbocycles. The molecule has 92 valence electrons. The smallest absolute Gasteiger partial charge is 0.231 e. The van der Waals surface area contributed by atoms with Gasteiger partial charge in [-0.3, -0.25) is 14.9 Å². The SMILES string of the molecule is CC(C)=C[C@H]1C=C(C)[C@H](C)[C@@H]2C(=O)NC(=O)[C@H]12. The molecule has 0 spiro atoms. The molecule has 2 rings (SSSR count). The number of rotatable bonds is 1. The van der Waals surface area contributed by atoms with Gasteiger partial charge < -0.3 is 0 Å². The van der Waals surface area contributed by atoms with Gasteiger partial charge in [0.15, 0.2) is 0 Å². The summed E-state index contributed by atoms with van der Waals surface area (Å²) in [4.78, 5) is 23.7. The van der Waals surface area contributed by atoms with Crippen molar-refractivity contribution in [3.63, 3.8) is 0 Å². The average Bonchev–Trinajstić information content (AvgIpc) is 2.49. The minimum Gasteiger partial charge on any atom is -0.296 e. The summed E-state index contributed by atoms with van der Waals surface area (Å²) in [6.45, 7) is 8.11. The topological polar surface area (TPSA) is 46.2 Å². The Morgan fingerprint density at radius 2 is 1.82 bits per heavy atom. The van der Waals surface area contributed by atoms with Gasteiger partial charge >= 0.3 is 0 Å². The van der Waals surface area contributed by atoms with Gasteiger partial charge in [-0.1, -0.05) is 30.2 Å². The Morgan fingerprint density at radius 3 is 2.41 bits per heavy atom. The van der Waals surface area contributed by atoms with E-state index in [1.165, 1.54) is 11.1 Å². The van der Waals surface area contributed by atoms with Gasteiger partial charge in [0.2, 0.25) is 11.8 Å². The van der Waals surface area contributed by atoms with Crippen LogP contribution in [0.25, 0.3) is 0 Å². The highest BCUT2D eigenvalue weighted by Gasteiger charge is 2.49. The fourth-order valence-electron chi connectivity index (χ4n) is 2.95. The van der Waals surface area contributed by atoms with Crippen molar-refractivity contribution in [2.45, 2.75) is 27.7 Å². The number of hydrogen-bond acceptors (Lipinski definition) is 2. The minimum absolute atomic E-state index is 0.0626. The molecule has 0 saturated carbocycles. The summed E-state index contributed by atoms with van der Waals surface area (Å²) < 4.78 is 0. The van der Waals surface area contributed by atoms with Crippen LogP contribution < -0.4 is 5.32 Å². The van der Waals surface area contributed by atoms with Crippen LogP contribution in [0, 0.1) is 23.7 Å². The van der Waals surface area contributed by atoms with Crippen molar-refractivity contribution < 1.29 is 9.59 Å². The largest absolute Gasteiger partial charge is 0.296 e. The maximum absolute atomic E-state index is 11.9. The van der Waals surface area contributed by atoms with Gasteiger partial charge in [-0.15, -0.1) is 0 Å². The summed E-state index contributed by atoms with van der Waals surface area (Å²) in [5.74, 6) is -0.393. The first-order valence-electron chi connectivity index (χ1n) is 6.10. The van der Waals surface area contributed by atoms with E-state index in [1.54, 1.807) is 0 Å². The van der Waals surface area contributed by atoms with Crippen molar-refractivity contribution in [2.24, 2.45) is 23.7 Å². The van der Waals surface area contributed by atoms with E-state index in [1.807, 2.05) is 27.7 Å². The highest BCUT2D eigenvalue weighted by molar-refractivity contribution is 6.06. The van der Waals surface area contributed by atoms with Crippen LogP contribution in [0.15, 0.2) is 23.3 Å². The molecule has 4 atom stereocenters. The van der Waals surface area contributed by atoms with Crippen LogP contribution in [0.2, 0.25) is 0 Å². The first-order valence-corrected chi connectivity index (χ1v) is 6.10. The van der Waals surface area contributed by atoms with Crippen LogP contribution in [-0.2, 0) is 9.59 Å². The van der Waals surface area contributed by atoms with Crippen LogP contribution in [0.3, 0.4) is 0 Å². The Balaban J connectivity index is 2.44. The van der Waals surface area contributed by atoms with Gasteiger partial charge in [0.1, 0.15) is 0 Å². The molecule has 0 bridgehead atoms. The summed E-state index contributed by atoms with van der Waals surface area (Å²) in [6.07, 6.45) is 4.22. The van der Waals surface area contributed by atoms with Gasteiger partial charge in [0.05, 0.1) is 11.8 Å². The lowest BCUT2D eigenvalue weighted by Crippen LogP contribution is -2.33. The fraction of sp³-hybridized carbons (Fsp3) is 0.571. The van der Waals surface area contributed by atoms with E-state index in [0.717, 1.165) is 0 Å². The van der Waals surface area contributed by atoms with Crippen molar-refractivity contribution in [1.29, 1.82) is 0 Å². The number of imide groups is 1. The number of allylic oxidation sites excluding steroid dienone is 4. The van der Waals surface area contributed by atoms with Crippen molar-refractivity contribution in [3.05, 3.63) is 23.3 Å². The Bertz CT molecular complexity index is 430. The van der Waals surface area contributed by atoms with Gasteiger partial charge in [-0.05, 0) is 26.7 Å². The van der Waals surface area contributed by atoms with Crippen molar-refractivity contribution in [1.82, 2.24) is 5.32 Å². The molecular formula is C14H19NO2. The number of fused-ring (bicyclic) bond motifs is 1. The van der Waals surface area contributed by atoms with Crippen molar-refractivity contribution >= 4 is 11.8 Å². The number of nitrogens with one attached hydrogen (secondary N) is 1. The lowest BCUT2D eigenvalue weighted by atomic mass is 9.69. The molecule has 0 aromatic rings. The van der Waals surface area contributed by atoms with Crippen LogP contribution in [0.4, 0.5) is 0 Å². The number of carbonyl (C=O) groups is 2. The zero-order valence-corrected chi connectivity index (χ0v) is 10.8. The maximum atomic E-state index is 11.9. The molecule has 1 saturated heterocycles. The number of amides is 2. The zero-order chi connectivity index (χ0) is 12.7. The molecule has 1 N–H and O–H groups in total. The molecular weight excluding hydrogens is 214 g/mol. The second-order valence-corrected chi connectivity index (χ2v) is 5.43. The third-order valence-electron chi connectivity index (χ3n) is 3.89. The molecule has 2 amide bonds. The number of carbonyl (C=O) groups excluding carboxylic acids is 2. The van der Waals surface area contributed by atoms with Crippen molar-refractivity contribution in [2.75, 3.05) is 0 Å². The van der Waals surface area contributed by atoms with Crippen LogP contribution in [0.1, 0.15) is 27.7 Å². The van der Waals surface area contributed by atoms with E-state index in [-0.39, 0.29) is 35.5 Å². The standard InChI is InChI=1S/C14H19NO2/c1-7(2)5-10-6-8(3)9(4)11-12(10)14(17)15-13(11)16/h5-6,9-12H,1-4H3,(H,15,16,17)/t9-,10-,11-,12+/m0/s1. The Kier molecular flexibility index (Phi) is 2.94. The van der Waals surface area contributed by atoms with E-state index in [4.69, 9.17) is 0 Å². The lowest BCUT2D eigenvalue weighted by Gasteiger charge is -2.32. The Morgan fingerprint density at radius 1 is 1.24 bits per heavy atom. The predicted octanol–water partition coefficient (Wildman–Crippen LogP) is 2.05. The third kappa shape index (κ3) is 1.94. The summed E-state index contributed by atoms with van der Waals surface area (Å²) in [7, 11) is 0. The van der Waals surface area contributed by atoms with Gasteiger partial charge in [-0.2, -0.15) is 0 Å². The van der Waals surface area contributed by atoms with E-state index in [2.05, 4.69) is 17.5 Å². The molecule has 1 heterocycles. The molecule has 3 nitrogen and oxygen atoms in total. The fourth-order valence-corrected chi connectivity index (χ4v) is 2.95. The zero-order valence-electron chi connectivity index (χ0n) is 10.8. The Hall–Kier alpha value is -1.38. The minimum atomic E-state index is -0.212. The molecule has 0 unspecified atom stereocenters. The molecule has 0 aromatic heterocycles. The van der Waals surface area contributed by atoms with E-state index in [9.17, 15) is 9.59 Å². The first kappa shape index (κ1) is 12.1. The van der Waals surface area contributed by atoms with Gasteiger partial charge in [0.25, 0.3) is 0 Å². The predicted molar refractivity (Wildman–Crippen MR) is 66.0 cm³/mol. The monoisotopic (exact) mass is 233 g/mol. The summed E-state index contributed by atoms with van der Waals surface area (Å²) in [6, 6.07) is 0. The van der Waals surface area contributed by atoms with Crippen LogP contribution in [-0.4, -0.2) is 11.8 Å². The normalized spacial score (nSPS) is 36.1. The van der Waals surface area contributed by atoms with E-state index < -0.39 is 0 Å². The van der Waals surface area contributed by atoms with Crippen LogP contribution in [0.5, 0.6) is 0 Å². The molecule has 1 fully saturated rings. The molecule has 17 heavy (non-hydrogen) atoms. The highest BCUT2D eigenvalue weighted by Crippen LogP contribution is 2.42. The van der Waals surface area contributed by atoms with Crippen LogP contribution >= 0.6 is 0 Å². The molecule has 2 aliphatic rings. The second kappa shape index (κ2) is 4.13. The number of hydrogen-bond donors (Lipinski definition) is 1. The van der Waals surface area contributed by atoms with Crippen molar-refractivity contribution in [3.8, 4) is 0 Å². The summed E-state index contributed by atoms with van der Waals surface area (Å²) in [5.41, 5.74) is 2.39. The molecule has 3 heteroatoms. The average molecular weight is 233 g/mol. The first-order chi connectivity index (χ1) is 7.91. The second-order valence-electron chi connectivity index (χ2n) is 5.43. The molecule has 1 aliphatic heterocycles. The molecule has 0 aromatic carbocycles. The highest BCUT2D eigenvalue weighted by atomic mass is 16.2.